The van der Waals surface area contributed by atoms with E-state index in [-0.39, 0.29) is 6.10 Å². The molecule has 1 fully saturated rings. The number of nitrogens with two attached hydrogens (primary N) is 1. The van der Waals surface area contributed by atoms with Crippen molar-refractivity contribution in [1.29, 1.82) is 0 Å². The summed E-state index contributed by atoms with van der Waals surface area (Å²) in [6, 6.07) is 0. The van der Waals surface area contributed by atoms with E-state index in [1.54, 1.807) is 6.92 Å². The molecule has 5 nitrogen and oxygen atoms in total. The fraction of sp³-hybridized carbons (Fsp3) is 1.00. The first-order valence-corrected chi connectivity index (χ1v) is 4.79. The van der Waals surface area contributed by atoms with Crippen molar-refractivity contribution in [2.45, 2.75) is 25.6 Å². The van der Waals surface area contributed by atoms with Crippen LogP contribution >= 0.6 is 0 Å². The molecule has 2 unspecified atom stereocenters. The van der Waals surface area contributed by atoms with Crippen LogP contribution in [0.3, 0.4) is 0 Å². The Balaban J connectivity index is 2.50. The van der Waals surface area contributed by atoms with Gasteiger partial charge >= 0.3 is 10.3 Å². The molecule has 2 N–H and O–H groups in total. The Hall–Kier alpha value is -0.170. The van der Waals surface area contributed by atoms with Gasteiger partial charge in [-0.05, 0) is 6.92 Å². The summed E-state index contributed by atoms with van der Waals surface area (Å²) in [5.41, 5.74) is 0. The van der Waals surface area contributed by atoms with E-state index in [1.807, 2.05) is 0 Å². The van der Waals surface area contributed by atoms with Crippen LogP contribution in [0.25, 0.3) is 0 Å². The Labute approximate surface area is 65.7 Å². The van der Waals surface area contributed by atoms with Crippen molar-refractivity contribution >= 4 is 10.3 Å². The normalized spacial score (nSPS) is 32.5. The lowest BCUT2D eigenvalue weighted by Gasteiger charge is -2.11. The van der Waals surface area contributed by atoms with Crippen LogP contribution in [0.2, 0.25) is 0 Å². The molecule has 1 aliphatic rings. The summed E-state index contributed by atoms with van der Waals surface area (Å²) in [5, 5.41) is 4.67. The molecule has 2 atom stereocenters. The van der Waals surface area contributed by atoms with E-state index in [2.05, 4.69) is 9.32 Å². The summed E-state index contributed by atoms with van der Waals surface area (Å²) in [6.07, 6.45) is -0.0178. The molecule has 1 heterocycles. The van der Waals surface area contributed by atoms with Gasteiger partial charge in [-0.1, -0.05) is 0 Å². The first-order valence-electron chi connectivity index (χ1n) is 3.31. The highest BCUT2D eigenvalue weighted by Gasteiger charge is 2.28. The Kier molecular flexibility index (Phi) is 2.48. The summed E-state index contributed by atoms with van der Waals surface area (Å²) in [6.45, 7) is 2.28. The first-order chi connectivity index (χ1) is 4.99. The topological polar surface area (TPSA) is 78.6 Å². The van der Waals surface area contributed by atoms with Crippen molar-refractivity contribution < 1.29 is 17.3 Å². The SMILES string of the molecule is CC1OCCC1OS(N)(=O)=O. The van der Waals surface area contributed by atoms with Crippen LogP contribution in [0, 0.1) is 0 Å². The van der Waals surface area contributed by atoms with Crippen LogP contribution in [0.15, 0.2) is 0 Å². The molecule has 0 aromatic carbocycles. The smallest absolute Gasteiger partial charge is 0.333 e. The molecule has 6 heteroatoms. The van der Waals surface area contributed by atoms with E-state index in [0.29, 0.717) is 13.0 Å². The minimum absolute atomic E-state index is 0.187. The molecule has 0 radical (unpaired) electrons. The van der Waals surface area contributed by atoms with Gasteiger partial charge in [0, 0.05) is 13.0 Å². The molecule has 0 spiro atoms. The fourth-order valence-electron chi connectivity index (χ4n) is 1.01. The third-order valence-corrected chi connectivity index (χ3v) is 2.08. The van der Waals surface area contributed by atoms with E-state index in [0.717, 1.165) is 0 Å². The van der Waals surface area contributed by atoms with E-state index in [1.165, 1.54) is 0 Å². The van der Waals surface area contributed by atoms with Gasteiger partial charge in [0.2, 0.25) is 0 Å². The van der Waals surface area contributed by atoms with Crippen LogP contribution < -0.4 is 5.14 Å². The molecule has 66 valence electrons. The van der Waals surface area contributed by atoms with Gasteiger partial charge in [0.25, 0.3) is 0 Å². The van der Waals surface area contributed by atoms with Crippen molar-refractivity contribution in [3.63, 3.8) is 0 Å². The second-order valence-electron chi connectivity index (χ2n) is 2.49. The predicted octanol–water partition coefficient (Wildman–Crippen LogP) is -0.616. The Morgan fingerprint density at radius 1 is 1.64 bits per heavy atom. The quantitative estimate of drug-likeness (QED) is 0.616. The monoisotopic (exact) mass is 181 g/mol. The van der Waals surface area contributed by atoms with Crippen molar-refractivity contribution in [3.05, 3.63) is 0 Å². The minimum atomic E-state index is -3.82. The Morgan fingerprint density at radius 3 is 2.64 bits per heavy atom. The van der Waals surface area contributed by atoms with Gasteiger partial charge in [-0.15, -0.1) is 0 Å². The van der Waals surface area contributed by atoms with Gasteiger partial charge in [0.1, 0.15) is 6.10 Å². The third-order valence-electron chi connectivity index (χ3n) is 1.56. The number of hydrogen-bond acceptors (Lipinski definition) is 4. The number of rotatable bonds is 2. The van der Waals surface area contributed by atoms with E-state index >= 15 is 0 Å². The van der Waals surface area contributed by atoms with E-state index < -0.39 is 16.4 Å². The summed E-state index contributed by atoms with van der Waals surface area (Å²) in [4.78, 5) is 0. The van der Waals surface area contributed by atoms with Gasteiger partial charge in [-0.2, -0.15) is 8.42 Å². The molecule has 0 bridgehead atoms. The second kappa shape index (κ2) is 3.06. The number of ether oxygens (including phenoxy) is 1. The first kappa shape index (κ1) is 8.92. The lowest BCUT2D eigenvalue weighted by Crippen LogP contribution is -2.28. The zero-order valence-electron chi connectivity index (χ0n) is 6.19. The fourth-order valence-corrected chi connectivity index (χ4v) is 1.61. The third kappa shape index (κ3) is 2.74. The van der Waals surface area contributed by atoms with Crippen LogP contribution in [0.1, 0.15) is 13.3 Å². The van der Waals surface area contributed by atoms with Crippen molar-refractivity contribution in [2.24, 2.45) is 5.14 Å². The maximum absolute atomic E-state index is 10.4. The molecule has 0 amide bonds. The summed E-state index contributed by atoms with van der Waals surface area (Å²) in [5.74, 6) is 0. The minimum Gasteiger partial charge on any atom is -0.376 e. The zero-order valence-corrected chi connectivity index (χ0v) is 7.00. The van der Waals surface area contributed by atoms with Gasteiger partial charge in [0.15, 0.2) is 0 Å². The summed E-state index contributed by atoms with van der Waals surface area (Å²) >= 11 is 0. The largest absolute Gasteiger partial charge is 0.376 e. The summed E-state index contributed by atoms with van der Waals surface area (Å²) < 4.78 is 30.5. The van der Waals surface area contributed by atoms with Crippen molar-refractivity contribution in [2.75, 3.05) is 6.61 Å². The average molecular weight is 181 g/mol. The molecule has 0 aliphatic carbocycles. The zero-order chi connectivity index (χ0) is 8.48. The standard InChI is InChI=1S/C5H11NO4S/c1-4-5(2-3-9-4)10-11(6,7)8/h4-5H,2-3H2,1H3,(H2,6,7,8). The highest BCUT2D eigenvalue weighted by atomic mass is 32.2. The molecular weight excluding hydrogens is 170 g/mol. The summed E-state index contributed by atoms with van der Waals surface area (Å²) in [7, 11) is -3.82. The molecule has 1 saturated heterocycles. The molecule has 1 rings (SSSR count). The van der Waals surface area contributed by atoms with Gasteiger partial charge in [-0.3, -0.25) is 4.18 Å². The predicted molar refractivity (Wildman–Crippen MR) is 38.0 cm³/mol. The molecule has 0 aromatic rings. The maximum Gasteiger partial charge on any atom is 0.333 e. The van der Waals surface area contributed by atoms with Crippen LogP contribution in [-0.2, 0) is 19.2 Å². The molecule has 0 saturated carbocycles. The Bertz CT molecular complexity index is 225. The van der Waals surface area contributed by atoms with Crippen LogP contribution in [0.4, 0.5) is 0 Å². The van der Waals surface area contributed by atoms with Crippen LogP contribution in [0.5, 0.6) is 0 Å². The van der Waals surface area contributed by atoms with Gasteiger partial charge in [-0.25, -0.2) is 5.14 Å². The molecular formula is C5H11NO4S. The van der Waals surface area contributed by atoms with E-state index in [4.69, 9.17) is 4.74 Å². The highest BCUT2D eigenvalue weighted by molar-refractivity contribution is 7.84. The van der Waals surface area contributed by atoms with Gasteiger partial charge in [0.05, 0.1) is 6.10 Å². The van der Waals surface area contributed by atoms with Crippen LogP contribution in [-0.4, -0.2) is 27.2 Å². The van der Waals surface area contributed by atoms with Gasteiger partial charge < -0.3 is 4.74 Å². The Morgan fingerprint density at radius 2 is 2.27 bits per heavy atom. The lowest BCUT2D eigenvalue weighted by molar-refractivity contribution is 0.0701. The van der Waals surface area contributed by atoms with Crippen molar-refractivity contribution in [1.82, 2.24) is 0 Å². The maximum atomic E-state index is 10.4. The van der Waals surface area contributed by atoms with E-state index in [9.17, 15) is 8.42 Å². The molecule has 1 aliphatic heterocycles. The molecule has 0 aromatic heterocycles. The lowest BCUT2D eigenvalue weighted by atomic mass is 10.2. The average Bonchev–Trinajstić information content (AvgIpc) is 2.12. The highest BCUT2D eigenvalue weighted by Crippen LogP contribution is 2.17. The molecule has 11 heavy (non-hydrogen) atoms. The number of hydrogen-bond donors (Lipinski definition) is 1. The second-order valence-corrected chi connectivity index (χ2v) is 3.67. The van der Waals surface area contributed by atoms with Crippen molar-refractivity contribution in [3.8, 4) is 0 Å².